The normalized spacial score (nSPS) is 17.8. The maximum atomic E-state index is 13.7. The Morgan fingerprint density at radius 3 is 2.38 bits per heavy atom. The van der Waals surface area contributed by atoms with Crippen LogP contribution in [0, 0.1) is 12.7 Å². The number of carbonyl (C=O) groups is 2. The number of Topliss-reactive ketones (excluding diaryl/α,β-unsaturated/α-hetero) is 1. The molecule has 3 aromatic rings. The van der Waals surface area contributed by atoms with Gasteiger partial charge in [-0.1, -0.05) is 6.07 Å². The molecule has 2 heterocycles. The van der Waals surface area contributed by atoms with Crippen LogP contribution in [0.4, 0.5) is 23.2 Å². The minimum absolute atomic E-state index is 0.0971. The second-order valence-corrected chi connectivity index (χ2v) is 7.46. The van der Waals surface area contributed by atoms with Gasteiger partial charge in [0.2, 0.25) is 0 Å². The van der Waals surface area contributed by atoms with Crippen molar-refractivity contribution in [3.8, 4) is 5.75 Å². The summed E-state index contributed by atoms with van der Waals surface area (Å²) in [6.45, 7) is 1.48. The first-order valence-corrected chi connectivity index (χ1v) is 9.90. The summed E-state index contributed by atoms with van der Waals surface area (Å²) < 4.78 is 55.1. The van der Waals surface area contributed by atoms with E-state index in [-0.39, 0.29) is 22.4 Å². The number of hydrogen-bond donors (Lipinski definition) is 1. The SMILES string of the molecule is Cc1cc(/C(O)=C2/C(=O)C(=O)N(c3ccc(OC(F)(F)F)cc3)C2c2cccnc2)ccc1F. The molecule has 1 saturated heterocycles. The first-order chi connectivity index (χ1) is 16.1. The quantitative estimate of drug-likeness (QED) is 0.249. The molecule has 1 amide bonds. The van der Waals surface area contributed by atoms with Gasteiger partial charge in [-0.2, -0.15) is 0 Å². The molecule has 1 unspecified atom stereocenters. The number of alkyl halides is 3. The summed E-state index contributed by atoms with van der Waals surface area (Å²) >= 11 is 0. The lowest BCUT2D eigenvalue weighted by atomic mass is 9.95. The van der Waals surface area contributed by atoms with Gasteiger partial charge in [0, 0.05) is 23.6 Å². The van der Waals surface area contributed by atoms with E-state index < -0.39 is 41.4 Å². The van der Waals surface area contributed by atoms with Crippen molar-refractivity contribution < 1.29 is 37.0 Å². The van der Waals surface area contributed by atoms with Crippen LogP contribution in [0.25, 0.3) is 5.76 Å². The average molecular weight is 472 g/mol. The number of ketones is 1. The molecule has 0 spiro atoms. The Hall–Kier alpha value is -4.21. The van der Waals surface area contributed by atoms with Crippen LogP contribution in [0.1, 0.15) is 22.7 Å². The Morgan fingerprint density at radius 2 is 1.79 bits per heavy atom. The van der Waals surface area contributed by atoms with Crippen molar-refractivity contribution in [1.29, 1.82) is 0 Å². The van der Waals surface area contributed by atoms with E-state index in [1.54, 1.807) is 12.1 Å². The summed E-state index contributed by atoms with van der Waals surface area (Å²) in [6, 6.07) is 10.1. The number of amides is 1. The lowest BCUT2D eigenvalue weighted by molar-refractivity contribution is -0.274. The summed E-state index contributed by atoms with van der Waals surface area (Å²) in [4.78, 5) is 31.1. The number of benzene rings is 2. The van der Waals surface area contributed by atoms with Crippen molar-refractivity contribution in [3.05, 3.63) is 95.1 Å². The molecule has 1 atom stereocenters. The average Bonchev–Trinajstić information content (AvgIpc) is 3.06. The van der Waals surface area contributed by atoms with Crippen molar-refractivity contribution >= 4 is 23.1 Å². The Balaban J connectivity index is 1.85. The monoisotopic (exact) mass is 472 g/mol. The number of pyridine rings is 1. The predicted molar refractivity (Wildman–Crippen MR) is 113 cm³/mol. The fourth-order valence-electron chi connectivity index (χ4n) is 3.71. The molecule has 1 aliphatic rings. The minimum Gasteiger partial charge on any atom is -0.507 e. The highest BCUT2D eigenvalue weighted by Gasteiger charge is 2.47. The third kappa shape index (κ3) is 4.34. The van der Waals surface area contributed by atoms with Crippen molar-refractivity contribution in [2.75, 3.05) is 4.90 Å². The Kier molecular flexibility index (Phi) is 5.82. The van der Waals surface area contributed by atoms with E-state index in [0.717, 1.165) is 23.1 Å². The van der Waals surface area contributed by atoms with Gasteiger partial charge in [0.05, 0.1) is 11.6 Å². The summed E-state index contributed by atoms with van der Waals surface area (Å²) in [5, 5.41) is 11.0. The first kappa shape index (κ1) is 23.0. The van der Waals surface area contributed by atoms with Crippen LogP contribution < -0.4 is 9.64 Å². The summed E-state index contributed by atoms with van der Waals surface area (Å²) in [6.07, 6.45) is -2.02. The van der Waals surface area contributed by atoms with Gasteiger partial charge in [-0.15, -0.1) is 13.2 Å². The highest BCUT2D eigenvalue weighted by molar-refractivity contribution is 6.51. The number of rotatable bonds is 4. The second kappa shape index (κ2) is 8.62. The van der Waals surface area contributed by atoms with Crippen molar-refractivity contribution in [3.63, 3.8) is 0 Å². The van der Waals surface area contributed by atoms with E-state index in [4.69, 9.17) is 0 Å². The van der Waals surface area contributed by atoms with Crippen LogP contribution in [0.3, 0.4) is 0 Å². The van der Waals surface area contributed by atoms with E-state index in [0.29, 0.717) is 5.56 Å². The van der Waals surface area contributed by atoms with Crippen LogP contribution >= 0.6 is 0 Å². The van der Waals surface area contributed by atoms with Gasteiger partial charge in [0.25, 0.3) is 11.7 Å². The number of anilines is 1. The maximum Gasteiger partial charge on any atom is 0.573 e. The highest BCUT2D eigenvalue weighted by Crippen LogP contribution is 2.42. The third-order valence-electron chi connectivity index (χ3n) is 5.22. The van der Waals surface area contributed by atoms with Gasteiger partial charge in [-0.05, 0) is 66.6 Å². The van der Waals surface area contributed by atoms with Crippen molar-refractivity contribution in [2.45, 2.75) is 19.3 Å². The van der Waals surface area contributed by atoms with E-state index >= 15 is 0 Å². The van der Waals surface area contributed by atoms with Gasteiger partial charge >= 0.3 is 6.36 Å². The first-order valence-electron chi connectivity index (χ1n) is 9.90. The zero-order chi connectivity index (χ0) is 24.6. The number of carbonyl (C=O) groups excluding carboxylic acids is 2. The summed E-state index contributed by atoms with van der Waals surface area (Å²) in [5.74, 6) is -3.55. The zero-order valence-electron chi connectivity index (χ0n) is 17.5. The van der Waals surface area contributed by atoms with Crippen molar-refractivity contribution in [2.24, 2.45) is 0 Å². The largest absolute Gasteiger partial charge is 0.573 e. The smallest absolute Gasteiger partial charge is 0.507 e. The third-order valence-corrected chi connectivity index (χ3v) is 5.22. The molecule has 1 N–H and O–H groups in total. The highest BCUT2D eigenvalue weighted by atomic mass is 19.4. The number of nitrogens with zero attached hydrogens (tertiary/aromatic N) is 2. The molecule has 0 saturated carbocycles. The Bertz CT molecular complexity index is 1290. The Labute approximate surface area is 190 Å². The minimum atomic E-state index is -4.89. The fourth-order valence-corrected chi connectivity index (χ4v) is 3.71. The zero-order valence-corrected chi connectivity index (χ0v) is 17.5. The fraction of sp³-hybridized carbons (Fsp3) is 0.125. The number of hydrogen-bond acceptors (Lipinski definition) is 5. The van der Waals surface area contributed by atoms with Crippen LogP contribution in [-0.2, 0) is 9.59 Å². The van der Waals surface area contributed by atoms with E-state index in [9.17, 15) is 32.3 Å². The lowest BCUT2D eigenvalue weighted by Crippen LogP contribution is -2.29. The molecule has 0 aliphatic carbocycles. The van der Waals surface area contributed by atoms with Gasteiger partial charge in [-0.25, -0.2) is 4.39 Å². The predicted octanol–water partition coefficient (Wildman–Crippen LogP) is 5.05. The standard InChI is InChI=1S/C24H16F4N2O4/c1-13-11-14(4-9-18(13)25)21(31)19-20(15-3-2-10-29-12-15)30(23(33)22(19)32)16-5-7-17(8-6-16)34-24(26,27)28/h2-12,20,31H,1H3/b21-19-. The number of halogens is 4. The number of aryl methyl sites for hydroxylation is 1. The molecule has 1 aromatic heterocycles. The molecule has 4 rings (SSSR count). The lowest BCUT2D eigenvalue weighted by Gasteiger charge is -2.25. The topological polar surface area (TPSA) is 79.7 Å². The number of aliphatic hydroxyl groups is 1. The number of aliphatic hydroxyl groups excluding tert-OH is 1. The van der Waals surface area contributed by atoms with Crippen LogP contribution in [0.5, 0.6) is 5.75 Å². The van der Waals surface area contributed by atoms with Crippen LogP contribution in [0.15, 0.2) is 72.6 Å². The van der Waals surface area contributed by atoms with E-state index in [1.165, 1.54) is 43.6 Å². The molecule has 1 aliphatic heterocycles. The maximum absolute atomic E-state index is 13.7. The Morgan fingerprint density at radius 1 is 1.09 bits per heavy atom. The van der Waals surface area contributed by atoms with Gasteiger partial charge in [-0.3, -0.25) is 19.5 Å². The van der Waals surface area contributed by atoms with Crippen LogP contribution in [-0.4, -0.2) is 28.1 Å². The number of ether oxygens (including phenoxy) is 1. The van der Waals surface area contributed by atoms with Gasteiger partial charge < -0.3 is 9.84 Å². The summed E-state index contributed by atoms with van der Waals surface area (Å²) in [7, 11) is 0. The second-order valence-electron chi connectivity index (χ2n) is 7.46. The van der Waals surface area contributed by atoms with E-state index in [2.05, 4.69) is 9.72 Å². The van der Waals surface area contributed by atoms with Crippen LogP contribution in [0.2, 0.25) is 0 Å². The molecular formula is C24H16F4N2O4. The molecule has 1 fully saturated rings. The molecule has 10 heteroatoms. The van der Waals surface area contributed by atoms with E-state index in [1.807, 2.05) is 0 Å². The molecule has 0 radical (unpaired) electrons. The summed E-state index contributed by atoms with van der Waals surface area (Å²) in [5.41, 5.74) is 0.549. The van der Waals surface area contributed by atoms with Crippen molar-refractivity contribution in [1.82, 2.24) is 4.98 Å². The van der Waals surface area contributed by atoms with Gasteiger partial charge in [0.1, 0.15) is 17.3 Å². The molecule has 0 bridgehead atoms. The molecular weight excluding hydrogens is 456 g/mol. The number of aromatic nitrogens is 1. The molecule has 34 heavy (non-hydrogen) atoms. The molecule has 6 nitrogen and oxygen atoms in total. The molecule has 174 valence electrons. The van der Waals surface area contributed by atoms with Gasteiger partial charge in [0.15, 0.2) is 0 Å². The molecule has 2 aromatic carbocycles.